The standard InChI is InChI=1S/C18H15Cl2NO4/c1-11(22)8-17(23)21(10-12-2-7-15(19)16(20)9-12)14-5-3-13(4-6-14)18(24)25/h2-7,9H,8,10H2,1H3,(H,24,25). The summed E-state index contributed by atoms with van der Waals surface area (Å²) in [5.74, 6) is -1.70. The Hall–Kier alpha value is -2.37. The van der Waals surface area contributed by atoms with Gasteiger partial charge in [0.1, 0.15) is 5.78 Å². The van der Waals surface area contributed by atoms with Gasteiger partial charge < -0.3 is 10.0 Å². The first-order valence-electron chi connectivity index (χ1n) is 7.35. The molecule has 2 aromatic rings. The number of amides is 1. The Morgan fingerprint density at radius 3 is 2.16 bits per heavy atom. The quantitative estimate of drug-likeness (QED) is 0.762. The van der Waals surface area contributed by atoms with E-state index in [1.165, 1.54) is 36.1 Å². The van der Waals surface area contributed by atoms with E-state index in [0.717, 1.165) is 5.56 Å². The van der Waals surface area contributed by atoms with Crippen molar-refractivity contribution >= 4 is 46.5 Å². The fourth-order valence-electron chi connectivity index (χ4n) is 2.24. The number of Topliss-reactive ketones (excluding diaryl/α,β-unsaturated/α-hetero) is 1. The lowest BCUT2D eigenvalue weighted by Crippen LogP contribution is -2.31. The van der Waals surface area contributed by atoms with Crippen molar-refractivity contribution in [3.8, 4) is 0 Å². The molecule has 0 aliphatic rings. The second-order valence-electron chi connectivity index (χ2n) is 5.46. The van der Waals surface area contributed by atoms with Crippen molar-refractivity contribution in [3.63, 3.8) is 0 Å². The molecule has 5 nitrogen and oxygen atoms in total. The van der Waals surface area contributed by atoms with Crippen LogP contribution in [0.1, 0.15) is 29.3 Å². The van der Waals surface area contributed by atoms with Crippen LogP contribution in [0.2, 0.25) is 10.0 Å². The maximum atomic E-state index is 12.5. The van der Waals surface area contributed by atoms with Gasteiger partial charge in [0, 0.05) is 5.69 Å². The number of carbonyl (C=O) groups excluding carboxylic acids is 2. The Kier molecular flexibility index (Phi) is 6.17. The van der Waals surface area contributed by atoms with Gasteiger partial charge in [0.15, 0.2) is 0 Å². The third-order valence-corrected chi connectivity index (χ3v) is 4.19. The molecule has 0 saturated heterocycles. The van der Waals surface area contributed by atoms with Crippen molar-refractivity contribution in [1.82, 2.24) is 0 Å². The lowest BCUT2D eigenvalue weighted by atomic mass is 10.1. The van der Waals surface area contributed by atoms with Gasteiger partial charge in [-0.25, -0.2) is 4.79 Å². The molecule has 7 heteroatoms. The third-order valence-electron chi connectivity index (χ3n) is 3.45. The van der Waals surface area contributed by atoms with Crippen LogP contribution in [0, 0.1) is 0 Å². The Morgan fingerprint density at radius 1 is 1.00 bits per heavy atom. The lowest BCUT2D eigenvalue weighted by Gasteiger charge is -2.23. The molecule has 2 aromatic carbocycles. The zero-order chi connectivity index (χ0) is 18.6. The van der Waals surface area contributed by atoms with Gasteiger partial charge in [-0.3, -0.25) is 9.59 Å². The van der Waals surface area contributed by atoms with Crippen molar-refractivity contribution in [3.05, 3.63) is 63.6 Å². The number of halogens is 2. The maximum Gasteiger partial charge on any atom is 0.335 e. The van der Waals surface area contributed by atoms with E-state index in [9.17, 15) is 14.4 Å². The SMILES string of the molecule is CC(=O)CC(=O)N(Cc1ccc(Cl)c(Cl)c1)c1ccc(C(=O)O)cc1. The molecule has 0 aliphatic heterocycles. The number of anilines is 1. The van der Waals surface area contributed by atoms with E-state index in [1.807, 2.05) is 0 Å². The van der Waals surface area contributed by atoms with Crippen LogP contribution in [-0.4, -0.2) is 22.8 Å². The third kappa shape index (κ3) is 5.05. The maximum absolute atomic E-state index is 12.5. The van der Waals surface area contributed by atoms with Gasteiger partial charge in [-0.15, -0.1) is 0 Å². The van der Waals surface area contributed by atoms with Crippen LogP contribution in [0.3, 0.4) is 0 Å². The molecule has 1 amide bonds. The molecule has 0 unspecified atom stereocenters. The fraction of sp³-hybridized carbons (Fsp3) is 0.167. The molecule has 0 heterocycles. The second-order valence-corrected chi connectivity index (χ2v) is 6.27. The van der Waals surface area contributed by atoms with Crippen molar-refractivity contribution in [2.45, 2.75) is 19.9 Å². The van der Waals surface area contributed by atoms with Gasteiger partial charge in [-0.2, -0.15) is 0 Å². The summed E-state index contributed by atoms with van der Waals surface area (Å²) in [6, 6.07) is 10.9. The van der Waals surface area contributed by atoms with E-state index in [0.29, 0.717) is 15.7 Å². The van der Waals surface area contributed by atoms with Gasteiger partial charge in [0.2, 0.25) is 5.91 Å². The number of nitrogens with zero attached hydrogens (tertiary/aromatic N) is 1. The number of hydrogen-bond acceptors (Lipinski definition) is 3. The first-order chi connectivity index (χ1) is 11.8. The summed E-state index contributed by atoms with van der Waals surface area (Å²) in [5.41, 5.74) is 1.33. The topological polar surface area (TPSA) is 74.7 Å². The van der Waals surface area contributed by atoms with E-state index >= 15 is 0 Å². The zero-order valence-electron chi connectivity index (χ0n) is 13.3. The van der Waals surface area contributed by atoms with E-state index in [-0.39, 0.29) is 30.2 Å². The van der Waals surface area contributed by atoms with Crippen LogP contribution in [0.25, 0.3) is 0 Å². The van der Waals surface area contributed by atoms with E-state index < -0.39 is 5.97 Å². The fourth-order valence-corrected chi connectivity index (χ4v) is 2.56. The Balaban J connectivity index is 2.34. The minimum atomic E-state index is -1.06. The van der Waals surface area contributed by atoms with Crippen LogP contribution < -0.4 is 4.90 Å². The number of carboxylic acids is 1. The van der Waals surface area contributed by atoms with E-state index in [2.05, 4.69) is 0 Å². The highest BCUT2D eigenvalue weighted by Gasteiger charge is 2.19. The van der Waals surface area contributed by atoms with Gasteiger partial charge >= 0.3 is 5.97 Å². The molecule has 0 radical (unpaired) electrons. The normalized spacial score (nSPS) is 10.4. The number of hydrogen-bond donors (Lipinski definition) is 1. The first kappa shape index (κ1) is 19.0. The largest absolute Gasteiger partial charge is 0.478 e. The van der Waals surface area contributed by atoms with Crippen molar-refractivity contribution in [1.29, 1.82) is 0 Å². The summed E-state index contributed by atoms with van der Waals surface area (Å²) in [5, 5.41) is 9.74. The molecule has 2 rings (SSSR count). The van der Waals surface area contributed by atoms with Crippen LogP contribution in [0.15, 0.2) is 42.5 Å². The predicted octanol–water partition coefficient (Wildman–Crippen LogP) is 4.20. The Bertz CT molecular complexity index is 818. The number of carbonyl (C=O) groups is 3. The van der Waals surface area contributed by atoms with Crippen molar-refractivity contribution < 1.29 is 19.5 Å². The molecule has 130 valence electrons. The molecule has 1 N–H and O–H groups in total. The lowest BCUT2D eigenvalue weighted by molar-refractivity contribution is -0.125. The summed E-state index contributed by atoms with van der Waals surface area (Å²) < 4.78 is 0. The highest BCUT2D eigenvalue weighted by atomic mass is 35.5. The van der Waals surface area contributed by atoms with Gasteiger partial charge in [-0.05, 0) is 48.9 Å². The molecule has 0 atom stereocenters. The number of carboxylic acid groups (broad SMARTS) is 1. The average Bonchev–Trinajstić information content (AvgIpc) is 2.55. The minimum absolute atomic E-state index is 0.109. The van der Waals surface area contributed by atoms with Gasteiger partial charge in [-0.1, -0.05) is 29.3 Å². The number of rotatable bonds is 6. The van der Waals surface area contributed by atoms with Crippen LogP contribution in [0.5, 0.6) is 0 Å². The summed E-state index contributed by atoms with van der Waals surface area (Å²) >= 11 is 11.9. The summed E-state index contributed by atoms with van der Waals surface area (Å²) in [4.78, 5) is 36.2. The average molecular weight is 380 g/mol. The van der Waals surface area contributed by atoms with Gasteiger partial charge in [0.05, 0.1) is 28.6 Å². The number of aromatic carboxylic acids is 1. The first-order valence-corrected chi connectivity index (χ1v) is 8.10. The van der Waals surface area contributed by atoms with Gasteiger partial charge in [0.25, 0.3) is 0 Å². The summed E-state index contributed by atoms with van der Waals surface area (Å²) in [6.07, 6.45) is -0.248. The highest BCUT2D eigenvalue weighted by molar-refractivity contribution is 6.42. The van der Waals surface area contributed by atoms with E-state index in [1.54, 1.807) is 18.2 Å². The Morgan fingerprint density at radius 2 is 1.64 bits per heavy atom. The number of ketones is 1. The molecule has 0 bridgehead atoms. The molecular formula is C18H15Cl2NO4. The zero-order valence-corrected chi connectivity index (χ0v) is 14.8. The monoisotopic (exact) mass is 379 g/mol. The molecule has 0 aliphatic carbocycles. The second kappa shape index (κ2) is 8.14. The molecule has 0 spiro atoms. The number of benzene rings is 2. The van der Waals surface area contributed by atoms with Crippen LogP contribution in [0.4, 0.5) is 5.69 Å². The summed E-state index contributed by atoms with van der Waals surface area (Å²) in [6.45, 7) is 1.51. The molecule has 0 saturated carbocycles. The van der Waals surface area contributed by atoms with Crippen molar-refractivity contribution in [2.24, 2.45) is 0 Å². The highest BCUT2D eigenvalue weighted by Crippen LogP contribution is 2.25. The van der Waals surface area contributed by atoms with Crippen molar-refractivity contribution in [2.75, 3.05) is 4.90 Å². The predicted molar refractivity (Wildman–Crippen MR) is 96.4 cm³/mol. The van der Waals surface area contributed by atoms with Crippen LogP contribution in [-0.2, 0) is 16.1 Å². The minimum Gasteiger partial charge on any atom is -0.478 e. The molecular weight excluding hydrogens is 365 g/mol. The molecule has 25 heavy (non-hydrogen) atoms. The summed E-state index contributed by atoms with van der Waals surface area (Å²) in [7, 11) is 0. The molecule has 0 aromatic heterocycles. The van der Waals surface area contributed by atoms with E-state index in [4.69, 9.17) is 28.3 Å². The molecule has 0 fully saturated rings. The van der Waals surface area contributed by atoms with Crippen LogP contribution >= 0.6 is 23.2 Å². The smallest absolute Gasteiger partial charge is 0.335 e. The Labute approximate surface area is 154 Å².